The van der Waals surface area contributed by atoms with E-state index in [4.69, 9.17) is 10.7 Å². The van der Waals surface area contributed by atoms with Crippen LogP contribution in [0.4, 0.5) is 13.2 Å². The molecule has 0 saturated heterocycles. The molecule has 0 atom stereocenters. The molecular weight excluding hydrogens is 276 g/mol. The second-order valence-corrected chi connectivity index (χ2v) is 5.03. The van der Waals surface area contributed by atoms with Gasteiger partial charge < -0.3 is 0 Å². The summed E-state index contributed by atoms with van der Waals surface area (Å²) in [7, 11) is 0.772. The Kier molecular flexibility index (Phi) is 4.45. The SMILES string of the molecule is Cl.O=S(=O)(Cl)c1cccc(C(F)(F)F)c1. The van der Waals surface area contributed by atoms with Crippen molar-refractivity contribution in [1.29, 1.82) is 0 Å². The van der Waals surface area contributed by atoms with E-state index in [-0.39, 0.29) is 12.4 Å². The molecule has 0 aromatic heterocycles. The Labute approximate surface area is 94.9 Å². The quantitative estimate of drug-likeness (QED) is 0.741. The van der Waals surface area contributed by atoms with Gasteiger partial charge in [0.1, 0.15) is 0 Å². The smallest absolute Gasteiger partial charge is 0.207 e. The van der Waals surface area contributed by atoms with E-state index in [9.17, 15) is 21.6 Å². The van der Waals surface area contributed by atoms with Crippen molar-refractivity contribution in [3.05, 3.63) is 29.8 Å². The van der Waals surface area contributed by atoms with Crippen molar-refractivity contribution in [3.63, 3.8) is 0 Å². The molecule has 2 nitrogen and oxygen atoms in total. The molecule has 0 bridgehead atoms. The first-order valence-electron chi connectivity index (χ1n) is 3.33. The van der Waals surface area contributed by atoms with Gasteiger partial charge in [0, 0.05) is 10.7 Å². The van der Waals surface area contributed by atoms with E-state index in [0.29, 0.717) is 6.07 Å². The van der Waals surface area contributed by atoms with Crippen LogP contribution in [-0.2, 0) is 15.2 Å². The van der Waals surface area contributed by atoms with Crippen molar-refractivity contribution in [2.24, 2.45) is 0 Å². The Bertz CT molecular complexity index is 442. The Hall–Kier alpha value is -0.460. The van der Waals surface area contributed by atoms with Crippen LogP contribution < -0.4 is 0 Å². The van der Waals surface area contributed by atoms with Crippen LogP contribution in [-0.4, -0.2) is 8.42 Å². The maximum atomic E-state index is 12.1. The average Bonchev–Trinajstić information content (AvgIpc) is 2.01. The van der Waals surface area contributed by atoms with Gasteiger partial charge in [-0.05, 0) is 18.2 Å². The first-order chi connectivity index (χ1) is 6.21. The Balaban J connectivity index is 0.00000196. The maximum Gasteiger partial charge on any atom is 0.416 e. The zero-order valence-electron chi connectivity index (χ0n) is 6.95. The number of rotatable bonds is 1. The lowest BCUT2D eigenvalue weighted by molar-refractivity contribution is -0.137. The van der Waals surface area contributed by atoms with Gasteiger partial charge >= 0.3 is 6.18 Å². The molecule has 0 amide bonds. The van der Waals surface area contributed by atoms with E-state index >= 15 is 0 Å². The molecule has 0 unspecified atom stereocenters. The van der Waals surface area contributed by atoms with Gasteiger partial charge in [0.25, 0.3) is 9.05 Å². The van der Waals surface area contributed by atoms with Crippen LogP contribution in [0.1, 0.15) is 5.56 Å². The molecule has 0 N–H and O–H groups in total. The molecule has 0 aliphatic carbocycles. The molecule has 8 heteroatoms. The minimum Gasteiger partial charge on any atom is -0.207 e. The highest BCUT2D eigenvalue weighted by atomic mass is 35.7. The molecule has 1 aromatic rings. The molecule has 0 heterocycles. The van der Waals surface area contributed by atoms with Gasteiger partial charge in [-0.25, -0.2) is 8.42 Å². The van der Waals surface area contributed by atoms with Crippen LogP contribution in [0.2, 0.25) is 0 Å². The summed E-state index contributed by atoms with van der Waals surface area (Å²) >= 11 is 0. The number of benzene rings is 1. The molecule has 0 aliphatic rings. The number of halogens is 5. The van der Waals surface area contributed by atoms with E-state index in [1.54, 1.807) is 0 Å². The lowest BCUT2D eigenvalue weighted by Crippen LogP contribution is -2.05. The lowest BCUT2D eigenvalue weighted by atomic mass is 10.2. The largest absolute Gasteiger partial charge is 0.416 e. The number of hydrogen-bond acceptors (Lipinski definition) is 2. The van der Waals surface area contributed by atoms with Crippen LogP contribution in [0.3, 0.4) is 0 Å². The zero-order chi connectivity index (χ0) is 11.0. The summed E-state index contributed by atoms with van der Waals surface area (Å²) in [5, 5.41) is 0. The predicted octanol–water partition coefficient (Wildman–Crippen LogP) is 3.05. The minimum atomic E-state index is -4.57. The molecule has 0 aliphatic heterocycles. The fraction of sp³-hybridized carbons (Fsp3) is 0.143. The highest BCUT2D eigenvalue weighted by molar-refractivity contribution is 8.13. The summed E-state index contributed by atoms with van der Waals surface area (Å²) in [6.07, 6.45) is -4.57. The standard InChI is InChI=1S/C7H4ClF3O2S.ClH/c8-14(12,13)6-3-1-2-5(4-6)7(9,10)11;/h1-4H;1H. The van der Waals surface area contributed by atoms with Crippen LogP contribution in [0, 0.1) is 0 Å². The molecule has 0 radical (unpaired) electrons. The molecule has 1 aromatic carbocycles. The second-order valence-electron chi connectivity index (χ2n) is 2.46. The first kappa shape index (κ1) is 14.5. The predicted molar refractivity (Wildman–Crippen MR) is 51.7 cm³/mol. The normalized spacial score (nSPS) is 12.0. The van der Waals surface area contributed by atoms with Gasteiger partial charge in [-0.1, -0.05) is 6.07 Å². The second kappa shape index (κ2) is 4.59. The van der Waals surface area contributed by atoms with Crippen molar-refractivity contribution >= 4 is 32.1 Å². The van der Waals surface area contributed by atoms with Gasteiger partial charge in [0.2, 0.25) is 0 Å². The van der Waals surface area contributed by atoms with Gasteiger partial charge in [-0.3, -0.25) is 0 Å². The van der Waals surface area contributed by atoms with E-state index in [1.807, 2.05) is 0 Å². The zero-order valence-corrected chi connectivity index (χ0v) is 9.34. The van der Waals surface area contributed by atoms with Crippen LogP contribution in [0.5, 0.6) is 0 Å². The molecule has 0 saturated carbocycles. The first-order valence-corrected chi connectivity index (χ1v) is 5.64. The molecule has 86 valence electrons. The fourth-order valence-corrected chi connectivity index (χ4v) is 1.62. The number of hydrogen-bond donors (Lipinski definition) is 0. The highest BCUT2D eigenvalue weighted by Crippen LogP contribution is 2.30. The molecular formula is C7H5Cl2F3O2S. The minimum absolute atomic E-state index is 0. The summed E-state index contributed by atoms with van der Waals surface area (Å²) in [6.45, 7) is 0. The third kappa shape index (κ3) is 3.89. The highest BCUT2D eigenvalue weighted by Gasteiger charge is 2.31. The van der Waals surface area contributed by atoms with Gasteiger partial charge in [0.15, 0.2) is 0 Å². The molecule has 15 heavy (non-hydrogen) atoms. The summed E-state index contributed by atoms with van der Waals surface area (Å²) in [5.41, 5.74) is -1.04. The van der Waals surface area contributed by atoms with Crippen LogP contribution in [0.25, 0.3) is 0 Å². The Morgan fingerprint density at radius 3 is 2.13 bits per heavy atom. The number of alkyl halides is 3. The third-order valence-electron chi connectivity index (χ3n) is 1.44. The Morgan fingerprint density at radius 1 is 1.20 bits per heavy atom. The summed E-state index contributed by atoms with van der Waals surface area (Å²) in [4.78, 5) is -0.561. The van der Waals surface area contributed by atoms with Crippen molar-refractivity contribution in [2.45, 2.75) is 11.1 Å². The topological polar surface area (TPSA) is 34.1 Å². The molecule has 1 rings (SSSR count). The van der Waals surface area contributed by atoms with E-state index in [2.05, 4.69) is 0 Å². The fourth-order valence-electron chi connectivity index (χ4n) is 0.824. The Morgan fingerprint density at radius 2 is 1.73 bits per heavy atom. The molecule has 0 spiro atoms. The van der Waals surface area contributed by atoms with Crippen molar-refractivity contribution in [1.82, 2.24) is 0 Å². The van der Waals surface area contributed by atoms with Gasteiger partial charge in [-0.2, -0.15) is 13.2 Å². The summed E-state index contributed by atoms with van der Waals surface area (Å²) in [6, 6.07) is 3.24. The van der Waals surface area contributed by atoms with E-state index in [0.717, 1.165) is 18.2 Å². The average molecular weight is 281 g/mol. The van der Waals surface area contributed by atoms with Gasteiger partial charge in [0.05, 0.1) is 10.5 Å². The van der Waals surface area contributed by atoms with Crippen molar-refractivity contribution in [2.75, 3.05) is 0 Å². The van der Waals surface area contributed by atoms with Crippen LogP contribution in [0.15, 0.2) is 29.2 Å². The lowest BCUT2D eigenvalue weighted by Gasteiger charge is -2.06. The monoisotopic (exact) mass is 280 g/mol. The third-order valence-corrected chi connectivity index (χ3v) is 2.79. The van der Waals surface area contributed by atoms with E-state index < -0.39 is 25.7 Å². The van der Waals surface area contributed by atoms with E-state index in [1.165, 1.54) is 0 Å². The van der Waals surface area contributed by atoms with Crippen molar-refractivity contribution in [3.8, 4) is 0 Å². The summed E-state index contributed by atoms with van der Waals surface area (Å²) in [5.74, 6) is 0. The van der Waals surface area contributed by atoms with Crippen molar-refractivity contribution < 1.29 is 21.6 Å². The maximum absolute atomic E-state index is 12.1. The summed E-state index contributed by atoms with van der Waals surface area (Å²) < 4.78 is 57.8. The van der Waals surface area contributed by atoms with Crippen LogP contribution >= 0.6 is 23.1 Å². The molecule has 0 fully saturated rings. The van der Waals surface area contributed by atoms with Gasteiger partial charge in [-0.15, -0.1) is 12.4 Å².